The zero-order valence-electron chi connectivity index (χ0n) is 10.5. The van der Waals surface area contributed by atoms with E-state index in [2.05, 4.69) is 11.6 Å². The molecule has 0 aromatic carbocycles. The normalized spacial score (nSPS) is 26.6. The number of H-pyrrole nitrogens is 1. The minimum Gasteiger partial charge on any atom is -0.394 e. The molecule has 1 aromatic heterocycles. The van der Waals surface area contributed by atoms with Crippen molar-refractivity contribution >= 4 is 5.57 Å². The van der Waals surface area contributed by atoms with E-state index in [1.165, 1.54) is 10.8 Å². The first-order valence-electron chi connectivity index (χ1n) is 5.89. The Labute approximate surface area is 108 Å². The van der Waals surface area contributed by atoms with Gasteiger partial charge in [-0.2, -0.15) is 0 Å². The lowest BCUT2D eigenvalue weighted by molar-refractivity contribution is -0.0459. The number of aliphatic hydroxyl groups excluding tert-OH is 2. The van der Waals surface area contributed by atoms with Crippen molar-refractivity contribution in [3.8, 4) is 0 Å². The number of rotatable bonds is 3. The summed E-state index contributed by atoms with van der Waals surface area (Å²) in [6.45, 7) is 4.99. The van der Waals surface area contributed by atoms with Gasteiger partial charge in [0.15, 0.2) is 0 Å². The molecule has 0 saturated carbocycles. The van der Waals surface area contributed by atoms with Gasteiger partial charge >= 0.3 is 5.69 Å². The topological polar surface area (TPSA) is 105 Å². The Morgan fingerprint density at radius 1 is 1.63 bits per heavy atom. The van der Waals surface area contributed by atoms with Gasteiger partial charge in [0.05, 0.1) is 18.3 Å². The molecule has 2 heterocycles. The van der Waals surface area contributed by atoms with Crippen molar-refractivity contribution in [2.75, 3.05) is 6.61 Å². The largest absolute Gasteiger partial charge is 0.394 e. The second-order valence-corrected chi connectivity index (χ2v) is 4.60. The molecule has 0 bridgehead atoms. The van der Waals surface area contributed by atoms with Crippen molar-refractivity contribution in [1.29, 1.82) is 0 Å². The van der Waals surface area contributed by atoms with Crippen LogP contribution in [0.5, 0.6) is 0 Å². The average Bonchev–Trinajstić information content (AvgIpc) is 2.69. The Balaban J connectivity index is 2.41. The van der Waals surface area contributed by atoms with Crippen LogP contribution in [0.3, 0.4) is 0 Å². The highest BCUT2D eigenvalue weighted by atomic mass is 16.5. The van der Waals surface area contributed by atoms with Crippen LogP contribution in [0, 0.1) is 0 Å². The smallest absolute Gasteiger partial charge is 0.330 e. The molecule has 0 aliphatic carbocycles. The van der Waals surface area contributed by atoms with Crippen molar-refractivity contribution in [3.63, 3.8) is 0 Å². The molecule has 3 N–H and O–H groups in total. The third-order valence-electron chi connectivity index (χ3n) is 3.12. The Morgan fingerprint density at radius 2 is 2.32 bits per heavy atom. The van der Waals surface area contributed by atoms with Crippen molar-refractivity contribution in [3.05, 3.63) is 39.2 Å². The van der Waals surface area contributed by atoms with Crippen molar-refractivity contribution in [1.82, 2.24) is 9.55 Å². The number of hydrogen-bond acceptors (Lipinski definition) is 5. The van der Waals surface area contributed by atoms with Gasteiger partial charge in [-0.1, -0.05) is 6.58 Å². The third kappa shape index (κ3) is 2.53. The molecule has 0 spiro atoms. The molecule has 19 heavy (non-hydrogen) atoms. The van der Waals surface area contributed by atoms with Gasteiger partial charge in [0.1, 0.15) is 12.3 Å². The highest BCUT2D eigenvalue weighted by molar-refractivity contribution is 5.59. The number of aliphatic hydroxyl groups is 2. The van der Waals surface area contributed by atoms with Gasteiger partial charge in [0.2, 0.25) is 0 Å². The summed E-state index contributed by atoms with van der Waals surface area (Å²) in [5.41, 5.74) is -0.325. The zero-order valence-corrected chi connectivity index (χ0v) is 10.5. The van der Waals surface area contributed by atoms with Crippen LogP contribution in [0.15, 0.2) is 22.4 Å². The molecule has 1 aliphatic heterocycles. The maximum Gasteiger partial charge on any atom is 0.330 e. The standard InChI is InChI=1S/C12H16N2O5/c1-6(2)7-4-14(12(18)13-11(7)17)10-3-8(16)9(5-15)19-10/h4,8-10,15-16H,1,3,5H2,2H3,(H,13,17,18)/t8-,9+,10+/m0/s1. The Morgan fingerprint density at radius 3 is 2.84 bits per heavy atom. The third-order valence-corrected chi connectivity index (χ3v) is 3.12. The highest BCUT2D eigenvalue weighted by Crippen LogP contribution is 2.27. The molecule has 0 unspecified atom stereocenters. The molecule has 1 aromatic rings. The number of nitrogens with zero attached hydrogens (tertiary/aromatic N) is 1. The van der Waals surface area contributed by atoms with Gasteiger partial charge in [0, 0.05) is 12.6 Å². The SMILES string of the molecule is C=C(C)c1cn([C@H]2C[C@H](O)[C@@H](CO)O2)c(=O)[nH]c1=O. The number of ether oxygens (including phenoxy) is 1. The molecule has 2 rings (SSSR count). The molecule has 1 aliphatic rings. The van der Waals surface area contributed by atoms with Gasteiger partial charge in [-0.3, -0.25) is 14.3 Å². The van der Waals surface area contributed by atoms with E-state index < -0.39 is 29.7 Å². The van der Waals surface area contributed by atoms with E-state index in [1.54, 1.807) is 6.92 Å². The monoisotopic (exact) mass is 268 g/mol. The second kappa shape index (κ2) is 5.12. The first kappa shape index (κ1) is 13.7. The average molecular weight is 268 g/mol. The molecule has 0 amide bonds. The van der Waals surface area contributed by atoms with Crippen LogP contribution in [0.25, 0.3) is 5.57 Å². The fraction of sp³-hybridized carbons (Fsp3) is 0.500. The number of nitrogens with one attached hydrogen (secondary N) is 1. The van der Waals surface area contributed by atoms with Gasteiger partial charge in [-0.15, -0.1) is 0 Å². The molecular weight excluding hydrogens is 252 g/mol. The van der Waals surface area contributed by atoms with Crippen LogP contribution in [0.1, 0.15) is 25.1 Å². The molecule has 7 heteroatoms. The van der Waals surface area contributed by atoms with Gasteiger partial charge < -0.3 is 14.9 Å². The molecule has 7 nitrogen and oxygen atoms in total. The quantitative estimate of drug-likeness (QED) is 0.666. The second-order valence-electron chi connectivity index (χ2n) is 4.60. The molecule has 3 atom stereocenters. The Hall–Kier alpha value is -1.70. The van der Waals surface area contributed by atoms with Crippen LogP contribution >= 0.6 is 0 Å². The maximum absolute atomic E-state index is 11.8. The van der Waals surface area contributed by atoms with E-state index >= 15 is 0 Å². The molecule has 1 saturated heterocycles. The van der Waals surface area contributed by atoms with E-state index in [0.717, 1.165) is 0 Å². The van der Waals surface area contributed by atoms with E-state index in [-0.39, 0.29) is 18.6 Å². The lowest BCUT2D eigenvalue weighted by atomic mass is 10.2. The van der Waals surface area contributed by atoms with E-state index in [4.69, 9.17) is 9.84 Å². The molecular formula is C12H16N2O5. The summed E-state index contributed by atoms with van der Waals surface area (Å²) >= 11 is 0. The summed E-state index contributed by atoms with van der Waals surface area (Å²) in [7, 11) is 0. The van der Waals surface area contributed by atoms with E-state index in [0.29, 0.717) is 5.57 Å². The lowest BCUT2D eigenvalue weighted by Crippen LogP contribution is -2.34. The van der Waals surface area contributed by atoms with Crippen molar-refractivity contribution < 1.29 is 14.9 Å². The van der Waals surface area contributed by atoms with Crippen molar-refractivity contribution in [2.45, 2.75) is 31.8 Å². The fourth-order valence-corrected chi connectivity index (χ4v) is 2.05. The minimum absolute atomic E-state index is 0.173. The fourth-order valence-electron chi connectivity index (χ4n) is 2.05. The minimum atomic E-state index is -0.845. The number of hydrogen-bond donors (Lipinski definition) is 3. The molecule has 104 valence electrons. The first-order chi connectivity index (χ1) is 8.93. The summed E-state index contributed by atoms with van der Waals surface area (Å²) in [6, 6.07) is 0. The van der Waals surface area contributed by atoms with Crippen LogP contribution in [0.4, 0.5) is 0 Å². The van der Waals surface area contributed by atoms with Gasteiger partial charge in [0.25, 0.3) is 5.56 Å². The Kier molecular flexibility index (Phi) is 3.70. The molecule has 1 fully saturated rings. The van der Waals surface area contributed by atoms with Crippen LogP contribution < -0.4 is 11.2 Å². The highest BCUT2D eigenvalue weighted by Gasteiger charge is 2.35. The summed E-state index contributed by atoms with van der Waals surface area (Å²) < 4.78 is 6.57. The van der Waals surface area contributed by atoms with Gasteiger partial charge in [-0.05, 0) is 12.5 Å². The predicted molar refractivity (Wildman–Crippen MR) is 67.7 cm³/mol. The molecule has 0 radical (unpaired) electrons. The summed E-state index contributed by atoms with van der Waals surface area (Å²) in [4.78, 5) is 25.5. The summed E-state index contributed by atoms with van der Waals surface area (Å²) in [5.74, 6) is 0. The van der Waals surface area contributed by atoms with Crippen LogP contribution in [0.2, 0.25) is 0 Å². The first-order valence-corrected chi connectivity index (χ1v) is 5.89. The maximum atomic E-state index is 11.8. The van der Waals surface area contributed by atoms with Gasteiger partial charge in [-0.25, -0.2) is 4.79 Å². The zero-order chi connectivity index (χ0) is 14.2. The van der Waals surface area contributed by atoms with Crippen molar-refractivity contribution in [2.24, 2.45) is 0 Å². The number of allylic oxidation sites excluding steroid dienone is 1. The number of aromatic nitrogens is 2. The summed E-state index contributed by atoms with van der Waals surface area (Å²) in [5, 5.41) is 18.7. The van der Waals surface area contributed by atoms with Crippen LogP contribution in [-0.2, 0) is 4.74 Å². The Bertz CT molecular complexity index is 603. The van der Waals surface area contributed by atoms with E-state index in [9.17, 15) is 14.7 Å². The van der Waals surface area contributed by atoms with Crippen LogP contribution in [-0.4, -0.2) is 38.6 Å². The predicted octanol–water partition coefficient (Wildman–Crippen LogP) is -0.790. The lowest BCUT2D eigenvalue weighted by Gasteiger charge is -2.15. The number of aromatic amines is 1. The summed E-state index contributed by atoms with van der Waals surface area (Å²) in [6.07, 6.45) is -0.748. The van der Waals surface area contributed by atoms with E-state index in [1.807, 2.05) is 0 Å².